The first-order valence-corrected chi connectivity index (χ1v) is 5.70. The number of nitrogens with zero attached hydrogens (tertiary/aromatic N) is 1. The van der Waals surface area contributed by atoms with E-state index in [1.54, 1.807) is 25.3 Å². The molecule has 0 N–H and O–H groups in total. The molecule has 0 saturated heterocycles. The fourth-order valence-corrected chi connectivity index (χ4v) is 1.60. The molecule has 0 aromatic heterocycles. The zero-order valence-corrected chi connectivity index (χ0v) is 11.0. The first-order chi connectivity index (χ1) is 9.63. The summed E-state index contributed by atoms with van der Waals surface area (Å²) < 4.78 is 15.9. The van der Waals surface area contributed by atoms with Gasteiger partial charge in [-0.25, -0.2) is 0 Å². The highest BCUT2D eigenvalue weighted by Gasteiger charge is 2.08. The highest BCUT2D eigenvalue weighted by atomic mass is 16.6. The molecule has 0 saturated carbocycles. The minimum absolute atomic E-state index is 0.107. The Kier molecular flexibility index (Phi) is 4.05. The van der Waals surface area contributed by atoms with Gasteiger partial charge >= 0.3 is 0 Å². The van der Waals surface area contributed by atoms with Gasteiger partial charge in [-0.2, -0.15) is 0 Å². The summed E-state index contributed by atoms with van der Waals surface area (Å²) in [6.07, 6.45) is 0. The lowest BCUT2D eigenvalue weighted by molar-refractivity contribution is -0.385. The summed E-state index contributed by atoms with van der Waals surface area (Å²) >= 11 is 0. The first kappa shape index (κ1) is 13.7. The normalized spacial score (nSPS) is 9.90. The molecule has 20 heavy (non-hydrogen) atoms. The van der Waals surface area contributed by atoms with E-state index in [1.165, 1.54) is 25.3 Å². The van der Waals surface area contributed by atoms with Crippen molar-refractivity contribution in [3.63, 3.8) is 0 Å². The van der Waals surface area contributed by atoms with E-state index in [1.807, 2.05) is 0 Å². The number of benzene rings is 2. The average Bonchev–Trinajstić information content (AvgIpc) is 2.47. The van der Waals surface area contributed by atoms with E-state index in [9.17, 15) is 10.1 Å². The van der Waals surface area contributed by atoms with Crippen LogP contribution in [0, 0.1) is 16.2 Å². The van der Waals surface area contributed by atoms with Gasteiger partial charge in [-0.05, 0) is 24.3 Å². The number of nitro groups is 1. The fourth-order valence-electron chi connectivity index (χ4n) is 1.60. The summed E-state index contributed by atoms with van der Waals surface area (Å²) in [7, 11) is 3.07. The Labute approximate surface area is 115 Å². The number of hydrogen-bond acceptors (Lipinski definition) is 5. The van der Waals surface area contributed by atoms with Gasteiger partial charge in [0, 0.05) is 12.1 Å². The molecule has 0 aliphatic heterocycles. The Morgan fingerprint density at radius 3 is 2.30 bits per heavy atom. The monoisotopic (exact) mass is 274 g/mol. The second kappa shape index (κ2) is 5.92. The van der Waals surface area contributed by atoms with E-state index in [2.05, 4.69) is 6.07 Å². The van der Waals surface area contributed by atoms with E-state index in [0.29, 0.717) is 23.0 Å². The van der Waals surface area contributed by atoms with Crippen LogP contribution in [0.25, 0.3) is 0 Å². The lowest BCUT2D eigenvalue weighted by Crippen LogP contribution is -1.92. The third kappa shape index (κ3) is 2.97. The van der Waals surface area contributed by atoms with Gasteiger partial charge in [-0.15, -0.1) is 0 Å². The Morgan fingerprint density at radius 1 is 1.05 bits per heavy atom. The lowest BCUT2D eigenvalue weighted by Gasteiger charge is -2.10. The second-order valence-electron chi connectivity index (χ2n) is 3.79. The van der Waals surface area contributed by atoms with Crippen LogP contribution in [0.1, 0.15) is 0 Å². The molecular weight excluding hydrogens is 262 g/mol. The summed E-state index contributed by atoms with van der Waals surface area (Å²) in [4.78, 5) is 10.0. The molecule has 0 aliphatic rings. The largest absolute Gasteiger partial charge is 0.493 e. The molecule has 2 rings (SSSR count). The van der Waals surface area contributed by atoms with Crippen LogP contribution in [0.2, 0.25) is 0 Å². The minimum Gasteiger partial charge on any atom is -0.493 e. The van der Waals surface area contributed by atoms with Crippen molar-refractivity contribution in [2.75, 3.05) is 14.2 Å². The molecule has 0 spiro atoms. The highest BCUT2D eigenvalue weighted by molar-refractivity contribution is 5.47. The molecule has 1 radical (unpaired) electrons. The van der Waals surface area contributed by atoms with E-state index in [0.717, 1.165) is 0 Å². The Hall–Kier alpha value is -2.76. The number of nitro benzene ring substituents is 1. The second-order valence-corrected chi connectivity index (χ2v) is 3.79. The molecular formula is C14H12NO5. The zero-order valence-electron chi connectivity index (χ0n) is 11.0. The van der Waals surface area contributed by atoms with Crippen LogP contribution in [0.4, 0.5) is 5.69 Å². The predicted octanol–water partition coefficient (Wildman–Crippen LogP) is 3.20. The molecule has 0 bridgehead atoms. The van der Waals surface area contributed by atoms with Crippen LogP contribution >= 0.6 is 0 Å². The number of non-ortho nitro benzene ring substituents is 1. The van der Waals surface area contributed by atoms with Gasteiger partial charge in [0.2, 0.25) is 0 Å². The predicted molar refractivity (Wildman–Crippen MR) is 71.6 cm³/mol. The van der Waals surface area contributed by atoms with Crippen LogP contribution in [0.3, 0.4) is 0 Å². The molecule has 6 heteroatoms. The average molecular weight is 274 g/mol. The number of rotatable bonds is 5. The zero-order chi connectivity index (χ0) is 14.5. The molecule has 2 aromatic carbocycles. The molecule has 2 aromatic rings. The number of ether oxygens (including phenoxy) is 3. The van der Waals surface area contributed by atoms with Gasteiger partial charge in [-0.3, -0.25) is 10.1 Å². The van der Waals surface area contributed by atoms with E-state index >= 15 is 0 Å². The van der Waals surface area contributed by atoms with Crippen LogP contribution in [0.15, 0.2) is 36.4 Å². The molecule has 0 atom stereocenters. The third-order valence-electron chi connectivity index (χ3n) is 2.56. The minimum atomic E-state index is -0.514. The van der Waals surface area contributed by atoms with E-state index in [-0.39, 0.29) is 5.69 Å². The molecule has 6 nitrogen and oxygen atoms in total. The van der Waals surface area contributed by atoms with Crippen molar-refractivity contribution in [2.45, 2.75) is 0 Å². The van der Waals surface area contributed by atoms with E-state index < -0.39 is 4.92 Å². The molecule has 103 valence electrons. The van der Waals surface area contributed by atoms with Crippen molar-refractivity contribution < 1.29 is 19.1 Å². The number of methoxy groups -OCH3 is 2. The maximum atomic E-state index is 10.5. The van der Waals surface area contributed by atoms with Gasteiger partial charge in [0.1, 0.15) is 11.5 Å². The summed E-state index contributed by atoms with van der Waals surface area (Å²) in [6, 6.07) is 11.9. The number of hydrogen-bond donors (Lipinski definition) is 0. The summed E-state index contributed by atoms with van der Waals surface area (Å²) in [5.74, 6) is 2.11. The van der Waals surface area contributed by atoms with Crippen molar-refractivity contribution >= 4 is 5.69 Å². The fraction of sp³-hybridized carbons (Fsp3) is 0.143. The van der Waals surface area contributed by atoms with Crippen molar-refractivity contribution in [3.05, 3.63) is 52.6 Å². The van der Waals surface area contributed by atoms with Gasteiger partial charge in [0.05, 0.1) is 25.2 Å². The molecule has 0 aliphatic carbocycles. The lowest BCUT2D eigenvalue weighted by atomic mass is 10.3. The van der Waals surface area contributed by atoms with Crippen molar-refractivity contribution in [1.82, 2.24) is 0 Å². The first-order valence-electron chi connectivity index (χ1n) is 5.70. The van der Waals surface area contributed by atoms with Gasteiger partial charge in [0.25, 0.3) is 5.69 Å². The van der Waals surface area contributed by atoms with Crippen LogP contribution in [-0.2, 0) is 0 Å². The maximum Gasteiger partial charge on any atom is 0.277 e. The SMILES string of the molecule is COc1ccc(Oc2c[c]c([N+](=O)[O-])cc2)cc1OC. The van der Waals surface area contributed by atoms with Crippen LogP contribution < -0.4 is 14.2 Å². The topological polar surface area (TPSA) is 70.8 Å². The van der Waals surface area contributed by atoms with Crippen molar-refractivity contribution in [3.8, 4) is 23.0 Å². The Balaban J connectivity index is 2.19. The van der Waals surface area contributed by atoms with Crippen molar-refractivity contribution in [2.24, 2.45) is 0 Å². The molecule has 0 heterocycles. The quantitative estimate of drug-likeness (QED) is 0.618. The standard InChI is InChI=1S/C14H12NO5/c1-18-13-8-7-12(9-14(13)19-2)20-11-5-3-10(4-6-11)15(16)17/h3,5-9H,1-2H3. The van der Waals surface area contributed by atoms with Crippen LogP contribution in [0.5, 0.6) is 23.0 Å². The third-order valence-corrected chi connectivity index (χ3v) is 2.56. The molecule has 0 unspecified atom stereocenters. The molecule has 0 fully saturated rings. The Bertz CT molecular complexity index is 609. The van der Waals surface area contributed by atoms with Gasteiger partial charge < -0.3 is 14.2 Å². The van der Waals surface area contributed by atoms with Crippen LogP contribution in [-0.4, -0.2) is 19.1 Å². The Morgan fingerprint density at radius 2 is 1.75 bits per heavy atom. The maximum absolute atomic E-state index is 10.5. The van der Waals surface area contributed by atoms with Gasteiger partial charge in [-0.1, -0.05) is 0 Å². The molecule has 0 amide bonds. The smallest absolute Gasteiger partial charge is 0.277 e. The summed E-state index contributed by atoms with van der Waals surface area (Å²) in [6.45, 7) is 0. The summed E-state index contributed by atoms with van der Waals surface area (Å²) in [5, 5.41) is 10.5. The van der Waals surface area contributed by atoms with Gasteiger partial charge in [0.15, 0.2) is 11.5 Å². The van der Waals surface area contributed by atoms with E-state index in [4.69, 9.17) is 14.2 Å². The van der Waals surface area contributed by atoms with Crippen molar-refractivity contribution in [1.29, 1.82) is 0 Å². The highest BCUT2D eigenvalue weighted by Crippen LogP contribution is 2.33. The summed E-state index contributed by atoms with van der Waals surface area (Å²) in [5.41, 5.74) is -0.107.